The van der Waals surface area contributed by atoms with Gasteiger partial charge in [0, 0.05) is 5.69 Å². The summed E-state index contributed by atoms with van der Waals surface area (Å²) in [5, 5.41) is 22.3. The van der Waals surface area contributed by atoms with Crippen molar-refractivity contribution >= 4 is 12.7 Å². The van der Waals surface area contributed by atoms with E-state index < -0.39 is 7.12 Å². The Morgan fingerprint density at radius 2 is 2.06 bits per heavy atom. The molecular formula is C11H10BFN2O2. The zero-order valence-electron chi connectivity index (χ0n) is 8.97. The molecule has 0 amide bonds. The van der Waals surface area contributed by atoms with E-state index in [1.165, 1.54) is 12.1 Å². The average molecular weight is 232 g/mol. The van der Waals surface area contributed by atoms with Crippen molar-refractivity contribution in [2.75, 3.05) is 0 Å². The van der Waals surface area contributed by atoms with Gasteiger partial charge in [0.25, 0.3) is 0 Å². The van der Waals surface area contributed by atoms with E-state index in [-0.39, 0.29) is 11.4 Å². The van der Waals surface area contributed by atoms with Crippen LogP contribution < -0.4 is 5.59 Å². The first-order chi connectivity index (χ1) is 8.15. The molecule has 2 heterocycles. The predicted octanol–water partition coefficient (Wildman–Crippen LogP) is -0.210. The second kappa shape index (κ2) is 3.68. The highest BCUT2D eigenvalue weighted by Crippen LogP contribution is 2.23. The lowest BCUT2D eigenvalue weighted by Gasteiger charge is -2.17. The molecule has 4 nitrogen and oxygen atoms in total. The zero-order valence-corrected chi connectivity index (χ0v) is 8.97. The highest BCUT2D eigenvalue weighted by molar-refractivity contribution is 6.57. The lowest BCUT2D eigenvalue weighted by atomic mass is 9.86. The molecular weight excluding hydrogens is 222 g/mol. The minimum Gasteiger partial charge on any atom is -0.422 e. The second-order valence-corrected chi connectivity index (χ2v) is 4.12. The van der Waals surface area contributed by atoms with Crippen molar-refractivity contribution < 1.29 is 14.4 Å². The Hall–Kier alpha value is -1.66. The molecule has 6 heteroatoms. The molecule has 2 N–H and O–H groups in total. The number of hydrogen-bond donors (Lipinski definition) is 2. The first-order valence-electron chi connectivity index (χ1n) is 5.39. The summed E-state index contributed by atoms with van der Waals surface area (Å²) in [6, 6.07) is 6.20. The van der Waals surface area contributed by atoms with E-state index in [9.17, 15) is 4.39 Å². The fraction of sp³-hybridized carbons (Fsp3) is 0.182. The number of nitrogens with zero attached hydrogens (tertiary/aromatic N) is 2. The van der Waals surface area contributed by atoms with E-state index in [2.05, 4.69) is 5.10 Å². The predicted molar refractivity (Wildman–Crippen MR) is 60.8 cm³/mol. The maximum Gasteiger partial charge on any atom is 0.510 e. The summed E-state index contributed by atoms with van der Waals surface area (Å²) in [5.74, 6) is -0.262. The van der Waals surface area contributed by atoms with E-state index >= 15 is 0 Å². The van der Waals surface area contributed by atoms with Gasteiger partial charge in [-0.1, -0.05) is 0 Å². The van der Waals surface area contributed by atoms with Crippen molar-refractivity contribution in [3.8, 4) is 5.69 Å². The summed E-state index contributed by atoms with van der Waals surface area (Å²) in [6.45, 7) is 0. The summed E-state index contributed by atoms with van der Waals surface area (Å²) in [5.41, 5.74) is 2.82. The van der Waals surface area contributed by atoms with Crippen molar-refractivity contribution in [2.45, 2.75) is 12.8 Å². The first kappa shape index (κ1) is 10.5. The molecule has 1 aliphatic rings. The smallest absolute Gasteiger partial charge is 0.422 e. The van der Waals surface area contributed by atoms with Gasteiger partial charge in [-0.3, -0.25) is 0 Å². The van der Waals surface area contributed by atoms with Crippen LogP contribution in [0.25, 0.3) is 5.69 Å². The Balaban J connectivity index is 2.15. The van der Waals surface area contributed by atoms with Crippen molar-refractivity contribution in [1.82, 2.24) is 9.78 Å². The van der Waals surface area contributed by atoms with Gasteiger partial charge in [0.2, 0.25) is 0 Å². The van der Waals surface area contributed by atoms with Crippen LogP contribution in [-0.2, 0) is 12.8 Å². The molecule has 17 heavy (non-hydrogen) atoms. The van der Waals surface area contributed by atoms with Gasteiger partial charge in [-0.15, -0.1) is 0 Å². The van der Waals surface area contributed by atoms with Crippen LogP contribution in [0, 0.1) is 5.82 Å². The minimum atomic E-state index is -1.57. The SMILES string of the molecule is OB(O)c1cc2n(n1)-c1ccc(F)cc1CC2. The standard InChI is InChI=1S/C11H10BFN2O2/c13-8-2-4-10-7(5-8)1-3-9-6-11(12(16)17)14-15(9)10/h2,4-6,16-17H,1,3H2. The Labute approximate surface area is 97.5 Å². The molecule has 0 saturated carbocycles. The normalized spacial score (nSPS) is 13.1. The molecule has 0 aliphatic carbocycles. The van der Waals surface area contributed by atoms with Gasteiger partial charge >= 0.3 is 7.12 Å². The molecule has 3 rings (SSSR count). The summed E-state index contributed by atoms with van der Waals surface area (Å²) in [7, 11) is -1.57. The fourth-order valence-electron chi connectivity index (χ4n) is 2.18. The largest absolute Gasteiger partial charge is 0.510 e. The lowest BCUT2D eigenvalue weighted by molar-refractivity contribution is 0.424. The number of hydrogen-bond acceptors (Lipinski definition) is 3. The molecule has 0 unspecified atom stereocenters. The van der Waals surface area contributed by atoms with E-state index in [4.69, 9.17) is 10.0 Å². The Morgan fingerprint density at radius 3 is 2.82 bits per heavy atom. The number of benzene rings is 1. The molecule has 1 aromatic carbocycles. The minimum absolute atomic E-state index is 0.220. The van der Waals surface area contributed by atoms with Gasteiger partial charge in [0.05, 0.1) is 11.3 Å². The zero-order chi connectivity index (χ0) is 12.0. The fourth-order valence-corrected chi connectivity index (χ4v) is 2.18. The molecule has 0 spiro atoms. The molecule has 0 bridgehead atoms. The summed E-state index contributed by atoms with van der Waals surface area (Å²) in [4.78, 5) is 0. The van der Waals surface area contributed by atoms with Crippen LogP contribution in [0.3, 0.4) is 0 Å². The lowest BCUT2D eigenvalue weighted by Crippen LogP contribution is -2.31. The molecule has 0 saturated heterocycles. The molecule has 0 radical (unpaired) electrons. The third-order valence-electron chi connectivity index (χ3n) is 2.99. The van der Waals surface area contributed by atoms with Crippen molar-refractivity contribution in [3.63, 3.8) is 0 Å². The van der Waals surface area contributed by atoms with Gasteiger partial charge in [-0.25, -0.2) is 9.07 Å². The quantitative estimate of drug-likeness (QED) is 0.669. The van der Waals surface area contributed by atoms with Crippen molar-refractivity contribution in [1.29, 1.82) is 0 Å². The van der Waals surface area contributed by atoms with E-state index in [1.54, 1.807) is 16.8 Å². The number of halogens is 1. The first-order valence-corrected chi connectivity index (χ1v) is 5.39. The topological polar surface area (TPSA) is 58.3 Å². The molecule has 1 aliphatic heterocycles. The van der Waals surface area contributed by atoms with Crippen LogP contribution in [0.2, 0.25) is 0 Å². The van der Waals surface area contributed by atoms with Crippen LogP contribution in [-0.4, -0.2) is 26.9 Å². The number of aryl methyl sites for hydroxylation is 2. The summed E-state index contributed by atoms with van der Waals surface area (Å²) in [6.07, 6.45) is 1.45. The number of aromatic nitrogens is 2. The molecule has 2 aromatic rings. The molecule has 1 aromatic heterocycles. The molecule has 0 fully saturated rings. The van der Waals surface area contributed by atoms with E-state index in [1.807, 2.05) is 0 Å². The highest BCUT2D eigenvalue weighted by atomic mass is 19.1. The number of fused-ring (bicyclic) bond motifs is 3. The second-order valence-electron chi connectivity index (χ2n) is 4.12. The summed E-state index contributed by atoms with van der Waals surface area (Å²) >= 11 is 0. The van der Waals surface area contributed by atoms with Crippen molar-refractivity contribution in [2.24, 2.45) is 0 Å². The Kier molecular flexibility index (Phi) is 2.27. The van der Waals surface area contributed by atoms with E-state index in [0.717, 1.165) is 29.8 Å². The van der Waals surface area contributed by atoms with Crippen molar-refractivity contribution in [3.05, 3.63) is 41.3 Å². The monoisotopic (exact) mass is 232 g/mol. The maximum absolute atomic E-state index is 13.1. The van der Waals surface area contributed by atoms with Crippen LogP contribution in [0.1, 0.15) is 11.3 Å². The highest BCUT2D eigenvalue weighted by Gasteiger charge is 2.23. The van der Waals surface area contributed by atoms with Crippen LogP contribution >= 0.6 is 0 Å². The van der Waals surface area contributed by atoms with Crippen LogP contribution in [0.5, 0.6) is 0 Å². The molecule has 86 valence electrons. The Morgan fingerprint density at radius 1 is 1.24 bits per heavy atom. The summed E-state index contributed by atoms with van der Waals surface area (Å²) < 4.78 is 14.7. The molecule has 0 atom stereocenters. The third kappa shape index (κ3) is 1.65. The van der Waals surface area contributed by atoms with Crippen LogP contribution in [0.4, 0.5) is 4.39 Å². The van der Waals surface area contributed by atoms with Gasteiger partial charge in [0.15, 0.2) is 0 Å². The van der Waals surface area contributed by atoms with Gasteiger partial charge in [-0.2, -0.15) is 5.10 Å². The average Bonchev–Trinajstić information content (AvgIpc) is 2.72. The van der Waals surface area contributed by atoms with Gasteiger partial charge in [-0.05, 0) is 42.7 Å². The Bertz CT molecular complexity index is 583. The maximum atomic E-state index is 13.1. The third-order valence-corrected chi connectivity index (χ3v) is 2.99. The van der Waals surface area contributed by atoms with Gasteiger partial charge in [0.1, 0.15) is 5.82 Å². The van der Waals surface area contributed by atoms with E-state index in [0.29, 0.717) is 0 Å². The van der Waals surface area contributed by atoms with Crippen LogP contribution in [0.15, 0.2) is 24.3 Å². The van der Waals surface area contributed by atoms with Gasteiger partial charge < -0.3 is 10.0 Å². The number of rotatable bonds is 1.